The van der Waals surface area contributed by atoms with E-state index in [0.29, 0.717) is 5.82 Å². The number of carbonyl (C=O) groups is 1. The molecule has 0 saturated carbocycles. The highest BCUT2D eigenvalue weighted by atomic mass is 32.2. The number of carbonyl (C=O) groups excluding carboxylic acids is 1. The van der Waals surface area contributed by atoms with E-state index in [-0.39, 0.29) is 11.4 Å². The Morgan fingerprint density at radius 1 is 1.24 bits per heavy atom. The summed E-state index contributed by atoms with van der Waals surface area (Å²) in [7, 11) is 0. The Hall–Kier alpha value is -1.95. The summed E-state index contributed by atoms with van der Waals surface area (Å²) in [6, 6.07) is 9.02. The van der Waals surface area contributed by atoms with Crippen LogP contribution in [0.4, 0.5) is 16.3 Å². The second kappa shape index (κ2) is 6.22. The van der Waals surface area contributed by atoms with Gasteiger partial charge < -0.3 is 9.84 Å². The van der Waals surface area contributed by atoms with Crippen LogP contribution in [-0.2, 0) is 5.41 Å². The first kappa shape index (κ1) is 15.4. The van der Waals surface area contributed by atoms with Gasteiger partial charge in [-0.25, -0.2) is 4.79 Å². The van der Waals surface area contributed by atoms with E-state index >= 15 is 0 Å². The van der Waals surface area contributed by atoms with Gasteiger partial charge in [0.05, 0.1) is 0 Å². The summed E-state index contributed by atoms with van der Waals surface area (Å²) in [5, 5.41) is 9.27. The van der Waals surface area contributed by atoms with Crippen LogP contribution in [0.2, 0.25) is 0 Å². The molecule has 0 spiro atoms. The number of hydrogen-bond donors (Lipinski definition) is 2. The molecule has 6 heteroatoms. The molecule has 1 aromatic heterocycles. The van der Waals surface area contributed by atoms with Crippen LogP contribution < -0.4 is 10.6 Å². The van der Waals surface area contributed by atoms with E-state index in [1.807, 2.05) is 51.3 Å². The summed E-state index contributed by atoms with van der Waals surface area (Å²) in [5.74, 6) is 1.13. The van der Waals surface area contributed by atoms with Crippen molar-refractivity contribution in [3.63, 3.8) is 0 Å². The van der Waals surface area contributed by atoms with Gasteiger partial charge in [0.25, 0.3) is 0 Å². The number of aromatic nitrogens is 1. The number of hydrogen-bond acceptors (Lipinski definition) is 4. The van der Waals surface area contributed by atoms with Crippen molar-refractivity contribution in [3.05, 3.63) is 36.1 Å². The molecule has 0 aliphatic carbocycles. The van der Waals surface area contributed by atoms with Crippen LogP contribution in [0.25, 0.3) is 0 Å². The molecule has 0 aliphatic rings. The van der Waals surface area contributed by atoms with Crippen LogP contribution in [-0.4, -0.2) is 17.4 Å². The third-order valence-corrected chi connectivity index (χ3v) is 3.54. The number of nitrogens with zero attached hydrogens (tertiary/aromatic N) is 1. The SMILES string of the molecule is CSc1cccc(NC(=O)Nc2cc(C(C)(C)C)on2)c1. The van der Waals surface area contributed by atoms with Crippen LogP contribution in [0.15, 0.2) is 39.8 Å². The zero-order chi connectivity index (χ0) is 15.5. The van der Waals surface area contributed by atoms with Crippen molar-refractivity contribution in [2.45, 2.75) is 31.1 Å². The Bertz CT molecular complexity index is 632. The summed E-state index contributed by atoms with van der Waals surface area (Å²) >= 11 is 1.62. The van der Waals surface area contributed by atoms with Crippen LogP contribution in [0.5, 0.6) is 0 Å². The number of anilines is 2. The van der Waals surface area contributed by atoms with Crippen LogP contribution >= 0.6 is 11.8 Å². The fourth-order valence-electron chi connectivity index (χ4n) is 1.67. The van der Waals surface area contributed by atoms with Crippen molar-refractivity contribution in [2.24, 2.45) is 0 Å². The smallest absolute Gasteiger partial charge is 0.324 e. The van der Waals surface area contributed by atoms with E-state index in [0.717, 1.165) is 16.3 Å². The third-order valence-electron chi connectivity index (χ3n) is 2.82. The Morgan fingerprint density at radius 3 is 2.62 bits per heavy atom. The highest BCUT2D eigenvalue weighted by Crippen LogP contribution is 2.24. The first-order chi connectivity index (χ1) is 9.88. The van der Waals surface area contributed by atoms with E-state index in [2.05, 4.69) is 15.8 Å². The van der Waals surface area contributed by atoms with Gasteiger partial charge in [-0.3, -0.25) is 5.32 Å². The largest absolute Gasteiger partial charge is 0.359 e. The fourth-order valence-corrected chi connectivity index (χ4v) is 2.13. The monoisotopic (exact) mass is 305 g/mol. The van der Waals surface area contributed by atoms with Crippen molar-refractivity contribution in [2.75, 3.05) is 16.9 Å². The molecule has 21 heavy (non-hydrogen) atoms. The number of benzene rings is 1. The van der Waals surface area contributed by atoms with Crippen molar-refractivity contribution >= 4 is 29.3 Å². The van der Waals surface area contributed by atoms with Crippen molar-refractivity contribution < 1.29 is 9.32 Å². The summed E-state index contributed by atoms with van der Waals surface area (Å²) in [6.45, 7) is 6.06. The molecule has 0 aliphatic heterocycles. The highest BCUT2D eigenvalue weighted by Gasteiger charge is 2.20. The van der Waals surface area contributed by atoms with Crippen LogP contribution in [0.1, 0.15) is 26.5 Å². The molecule has 112 valence electrons. The van der Waals surface area contributed by atoms with Gasteiger partial charge in [0.15, 0.2) is 5.82 Å². The molecule has 2 N–H and O–H groups in total. The van der Waals surface area contributed by atoms with Gasteiger partial charge in [-0.15, -0.1) is 11.8 Å². The lowest BCUT2D eigenvalue weighted by Crippen LogP contribution is -2.19. The topological polar surface area (TPSA) is 67.2 Å². The molecule has 2 rings (SSSR count). The molecule has 5 nitrogen and oxygen atoms in total. The van der Waals surface area contributed by atoms with E-state index in [1.165, 1.54) is 0 Å². The van der Waals surface area contributed by atoms with Crippen LogP contribution in [0, 0.1) is 0 Å². The summed E-state index contributed by atoms with van der Waals surface area (Å²) in [6.07, 6.45) is 1.99. The number of thioether (sulfide) groups is 1. The Morgan fingerprint density at radius 2 is 2.00 bits per heavy atom. The predicted molar refractivity (Wildman–Crippen MR) is 86.1 cm³/mol. The second-order valence-corrected chi connectivity index (χ2v) is 6.52. The molecule has 0 saturated heterocycles. The number of rotatable bonds is 3. The summed E-state index contributed by atoms with van der Waals surface area (Å²) in [5.41, 5.74) is 0.592. The number of urea groups is 1. The molecule has 0 atom stereocenters. The Balaban J connectivity index is 2.00. The molecular weight excluding hydrogens is 286 g/mol. The highest BCUT2D eigenvalue weighted by molar-refractivity contribution is 7.98. The first-order valence-electron chi connectivity index (χ1n) is 6.58. The maximum Gasteiger partial charge on any atom is 0.324 e. The van der Waals surface area contributed by atoms with Gasteiger partial charge in [0.1, 0.15) is 5.76 Å². The summed E-state index contributed by atoms with van der Waals surface area (Å²) < 4.78 is 5.22. The normalized spacial score (nSPS) is 11.2. The average molecular weight is 305 g/mol. The van der Waals surface area contributed by atoms with Gasteiger partial charge in [0.2, 0.25) is 0 Å². The molecule has 2 aromatic rings. The minimum atomic E-state index is -0.345. The molecular formula is C15H19N3O2S. The zero-order valence-corrected chi connectivity index (χ0v) is 13.4. The fraction of sp³-hybridized carbons (Fsp3) is 0.333. The lowest BCUT2D eigenvalue weighted by atomic mass is 9.93. The van der Waals surface area contributed by atoms with Crippen LogP contribution in [0.3, 0.4) is 0 Å². The quantitative estimate of drug-likeness (QED) is 0.828. The Labute approximate surface area is 128 Å². The standard InChI is InChI=1S/C15H19N3O2S/c1-15(2,3)12-9-13(18-20-12)17-14(19)16-10-6-5-7-11(8-10)21-4/h5-9H,1-4H3,(H2,16,17,18,19). The van der Waals surface area contributed by atoms with E-state index in [9.17, 15) is 4.79 Å². The minimum absolute atomic E-state index is 0.143. The molecule has 2 amide bonds. The third kappa shape index (κ3) is 4.26. The van der Waals surface area contributed by atoms with E-state index in [4.69, 9.17) is 4.52 Å². The maximum absolute atomic E-state index is 11.9. The Kier molecular flexibility index (Phi) is 4.57. The predicted octanol–water partition coefficient (Wildman–Crippen LogP) is 4.34. The summed E-state index contributed by atoms with van der Waals surface area (Å²) in [4.78, 5) is 13.0. The maximum atomic E-state index is 11.9. The second-order valence-electron chi connectivity index (χ2n) is 5.64. The van der Waals surface area contributed by atoms with E-state index < -0.39 is 0 Å². The molecule has 0 bridgehead atoms. The van der Waals surface area contributed by atoms with E-state index in [1.54, 1.807) is 17.8 Å². The molecule has 1 aromatic carbocycles. The van der Waals surface area contributed by atoms with Crippen molar-refractivity contribution in [3.8, 4) is 0 Å². The molecule has 0 fully saturated rings. The van der Waals surface area contributed by atoms with Gasteiger partial charge in [-0.05, 0) is 24.5 Å². The first-order valence-corrected chi connectivity index (χ1v) is 7.80. The minimum Gasteiger partial charge on any atom is -0.359 e. The lowest BCUT2D eigenvalue weighted by Gasteiger charge is -2.12. The molecule has 1 heterocycles. The van der Waals surface area contributed by atoms with Gasteiger partial charge in [-0.2, -0.15) is 0 Å². The van der Waals surface area contributed by atoms with Crippen molar-refractivity contribution in [1.82, 2.24) is 5.16 Å². The van der Waals surface area contributed by atoms with Gasteiger partial charge in [-0.1, -0.05) is 32.0 Å². The van der Waals surface area contributed by atoms with Gasteiger partial charge in [0, 0.05) is 22.1 Å². The zero-order valence-electron chi connectivity index (χ0n) is 12.6. The molecule has 0 radical (unpaired) electrons. The number of amides is 2. The lowest BCUT2D eigenvalue weighted by molar-refractivity contribution is 0.262. The van der Waals surface area contributed by atoms with Gasteiger partial charge >= 0.3 is 6.03 Å². The number of nitrogens with one attached hydrogen (secondary N) is 2. The van der Waals surface area contributed by atoms with Crippen molar-refractivity contribution in [1.29, 1.82) is 0 Å². The average Bonchev–Trinajstić information content (AvgIpc) is 2.87. The molecule has 0 unspecified atom stereocenters.